The van der Waals surface area contributed by atoms with Gasteiger partial charge in [0.25, 0.3) is 0 Å². The Morgan fingerprint density at radius 3 is 2.71 bits per heavy atom. The SMILES string of the molecule is CCNC(c1cc(C)cnc1N)c1ccc(F)c(F)c1Br. The molecule has 3 N–H and O–H groups in total. The molecular weight excluding hydrogens is 340 g/mol. The van der Waals surface area contributed by atoms with Gasteiger partial charge in [0.15, 0.2) is 11.6 Å². The maximum absolute atomic E-state index is 13.8. The zero-order valence-electron chi connectivity index (χ0n) is 11.8. The Hall–Kier alpha value is -1.53. The molecule has 0 spiro atoms. The zero-order chi connectivity index (χ0) is 15.6. The van der Waals surface area contributed by atoms with Gasteiger partial charge in [0, 0.05) is 11.8 Å². The average Bonchev–Trinajstić information content (AvgIpc) is 2.46. The van der Waals surface area contributed by atoms with Gasteiger partial charge in [-0.15, -0.1) is 0 Å². The summed E-state index contributed by atoms with van der Waals surface area (Å²) in [5.41, 5.74) is 8.20. The average molecular weight is 356 g/mol. The second-order valence-electron chi connectivity index (χ2n) is 4.74. The van der Waals surface area contributed by atoms with Gasteiger partial charge in [0.05, 0.1) is 10.5 Å². The zero-order valence-corrected chi connectivity index (χ0v) is 13.3. The molecule has 0 radical (unpaired) electrons. The van der Waals surface area contributed by atoms with Crippen LogP contribution in [0.4, 0.5) is 14.6 Å². The van der Waals surface area contributed by atoms with Crippen molar-refractivity contribution in [3.05, 3.63) is 57.2 Å². The molecule has 1 unspecified atom stereocenters. The topological polar surface area (TPSA) is 50.9 Å². The molecule has 0 aliphatic rings. The highest BCUT2D eigenvalue weighted by Gasteiger charge is 2.22. The molecule has 6 heteroatoms. The van der Waals surface area contributed by atoms with Gasteiger partial charge in [0.2, 0.25) is 0 Å². The maximum Gasteiger partial charge on any atom is 0.173 e. The van der Waals surface area contributed by atoms with Crippen LogP contribution in [0, 0.1) is 18.6 Å². The van der Waals surface area contributed by atoms with E-state index in [0.29, 0.717) is 17.9 Å². The highest BCUT2D eigenvalue weighted by molar-refractivity contribution is 9.10. The number of aromatic nitrogens is 1. The molecule has 21 heavy (non-hydrogen) atoms. The quantitative estimate of drug-likeness (QED) is 0.822. The number of nitrogen functional groups attached to an aromatic ring is 1. The Morgan fingerprint density at radius 2 is 2.05 bits per heavy atom. The lowest BCUT2D eigenvalue weighted by atomic mass is 9.98. The van der Waals surface area contributed by atoms with E-state index in [9.17, 15) is 8.78 Å². The number of benzene rings is 1. The van der Waals surface area contributed by atoms with Gasteiger partial charge in [0.1, 0.15) is 5.82 Å². The van der Waals surface area contributed by atoms with Crippen molar-refractivity contribution in [2.45, 2.75) is 19.9 Å². The lowest BCUT2D eigenvalue weighted by Crippen LogP contribution is -2.24. The second-order valence-corrected chi connectivity index (χ2v) is 5.54. The summed E-state index contributed by atoms with van der Waals surface area (Å²) in [7, 11) is 0. The summed E-state index contributed by atoms with van der Waals surface area (Å²) >= 11 is 3.13. The van der Waals surface area contributed by atoms with E-state index in [1.807, 2.05) is 19.9 Å². The third-order valence-electron chi connectivity index (χ3n) is 3.18. The molecule has 1 heterocycles. The summed E-state index contributed by atoms with van der Waals surface area (Å²) in [4.78, 5) is 4.13. The second kappa shape index (κ2) is 6.49. The summed E-state index contributed by atoms with van der Waals surface area (Å²) < 4.78 is 27.2. The molecule has 1 aromatic heterocycles. The lowest BCUT2D eigenvalue weighted by Gasteiger charge is -2.22. The van der Waals surface area contributed by atoms with E-state index in [4.69, 9.17) is 5.73 Å². The first-order valence-corrected chi connectivity index (χ1v) is 7.33. The minimum Gasteiger partial charge on any atom is -0.383 e. The largest absolute Gasteiger partial charge is 0.383 e. The van der Waals surface area contributed by atoms with Crippen LogP contribution in [-0.4, -0.2) is 11.5 Å². The molecule has 1 atom stereocenters. The highest BCUT2D eigenvalue weighted by Crippen LogP contribution is 2.33. The molecule has 2 rings (SSSR count). The number of nitrogens with two attached hydrogens (primary N) is 1. The van der Waals surface area contributed by atoms with Crippen molar-refractivity contribution in [1.29, 1.82) is 0 Å². The van der Waals surface area contributed by atoms with Gasteiger partial charge < -0.3 is 11.1 Å². The number of halogens is 3. The van der Waals surface area contributed by atoms with Crippen LogP contribution >= 0.6 is 15.9 Å². The van der Waals surface area contributed by atoms with E-state index < -0.39 is 11.6 Å². The van der Waals surface area contributed by atoms with Crippen molar-refractivity contribution in [3.63, 3.8) is 0 Å². The molecule has 0 bridgehead atoms. The summed E-state index contributed by atoms with van der Waals surface area (Å²) in [6, 6.07) is 4.17. The predicted molar refractivity (Wildman–Crippen MR) is 83.0 cm³/mol. The fourth-order valence-corrected chi connectivity index (χ4v) is 2.74. The van der Waals surface area contributed by atoms with E-state index in [1.165, 1.54) is 6.07 Å². The molecule has 0 amide bonds. The number of pyridine rings is 1. The first-order chi connectivity index (χ1) is 9.95. The summed E-state index contributed by atoms with van der Waals surface area (Å²) in [5.74, 6) is -1.44. The molecule has 112 valence electrons. The van der Waals surface area contributed by atoms with Gasteiger partial charge in [-0.3, -0.25) is 0 Å². The Bertz CT molecular complexity index is 662. The van der Waals surface area contributed by atoms with E-state index in [0.717, 1.165) is 17.2 Å². The van der Waals surface area contributed by atoms with Crippen molar-refractivity contribution in [2.24, 2.45) is 0 Å². The first-order valence-electron chi connectivity index (χ1n) is 6.54. The van der Waals surface area contributed by atoms with Crippen LogP contribution in [-0.2, 0) is 0 Å². The molecular formula is C15H16BrF2N3. The Morgan fingerprint density at radius 1 is 1.33 bits per heavy atom. The fourth-order valence-electron chi connectivity index (χ4n) is 2.19. The first kappa shape index (κ1) is 15.9. The Kier molecular flexibility index (Phi) is 4.90. The molecule has 0 fully saturated rings. The molecule has 0 aliphatic carbocycles. The van der Waals surface area contributed by atoms with E-state index in [2.05, 4.69) is 26.2 Å². The van der Waals surface area contributed by atoms with E-state index in [-0.39, 0.29) is 10.5 Å². The van der Waals surface area contributed by atoms with Crippen LogP contribution < -0.4 is 11.1 Å². The summed E-state index contributed by atoms with van der Waals surface area (Å²) in [6.07, 6.45) is 1.67. The Labute approximate surface area is 130 Å². The van der Waals surface area contributed by atoms with Gasteiger partial charge in [-0.2, -0.15) is 0 Å². The standard InChI is InChI=1S/C15H16BrF2N3/c1-3-20-14(10-6-8(2)7-21-15(10)19)9-4-5-11(17)13(18)12(9)16/h4-7,14,20H,3H2,1-2H3,(H2,19,21). The highest BCUT2D eigenvalue weighted by atomic mass is 79.9. The van der Waals surface area contributed by atoms with Crippen LogP contribution in [0.2, 0.25) is 0 Å². The van der Waals surface area contributed by atoms with Crippen LogP contribution in [0.5, 0.6) is 0 Å². The number of anilines is 1. The number of hydrogen-bond donors (Lipinski definition) is 2. The summed E-state index contributed by atoms with van der Waals surface area (Å²) in [6.45, 7) is 4.48. The van der Waals surface area contributed by atoms with Crippen molar-refractivity contribution < 1.29 is 8.78 Å². The minimum atomic E-state index is -0.908. The third kappa shape index (κ3) is 3.22. The fraction of sp³-hybridized carbons (Fsp3) is 0.267. The maximum atomic E-state index is 13.8. The molecule has 0 saturated heterocycles. The molecule has 1 aromatic carbocycles. The van der Waals surface area contributed by atoms with Crippen molar-refractivity contribution >= 4 is 21.7 Å². The van der Waals surface area contributed by atoms with Gasteiger partial charge in [-0.05, 0) is 52.7 Å². The summed E-state index contributed by atoms with van der Waals surface area (Å²) in [5, 5.41) is 3.23. The normalized spacial score (nSPS) is 12.4. The lowest BCUT2D eigenvalue weighted by molar-refractivity contribution is 0.498. The Balaban J connectivity index is 2.59. The molecule has 0 aliphatic heterocycles. The monoisotopic (exact) mass is 355 g/mol. The van der Waals surface area contributed by atoms with Gasteiger partial charge in [-0.25, -0.2) is 13.8 Å². The smallest absolute Gasteiger partial charge is 0.173 e. The number of hydrogen-bond acceptors (Lipinski definition) is 3. The number of nitrogens with one attached hydrogen (secondary N) is 1. The number of nitrogens with zero attached hydrogens (tertiary/aromatic N) is 1. The third-order valence-corrected chi connectivity index (χ3v) is 3.99. The molecule has 0 saturated carbocycles. The van der Waals surface area contributed by atoms with E-state index >= 15 is 0 Å². The van der Waals surface area contributed by atoms with Crippen LogP contribution in [0.1, 0.15) is 29.7 Å². The van der Waals surface area contributed by atoms with Gasteiger partial charge >= 0.3 is 0 Å². The van der Waals surface area contributed by atoms with Crippen molar-refractivity contribution in [3.8, 4) is 0 Å². The molecule has 2 aromatic rings. The van der Waals surface area contributed by atoms with Crippen molar-refractivity contribution in [1.82, 2.24) is 10.3 Å². The number of aryl methyl sites for hydroxylation is 1. The van der Waals surface area contributed by atoms with Crippen LogP contribution in [0.25, 0.3) is 0 Å². The van der Waals surface area contributed by atoms with Crippen LogP contribution in [0.3, 0.4) is 0 Å². The number of rotatable bonds is 4. The van der Waals surface area contributed by atoms with Crippen molar-refractivity contribution in [2.75, 3.05) is 12.3 Å². The van der Waals surface area contributed by atoms with Gasteiger partial charge in [-0.1, -0.05) is 13.0 Å². The predicted octanol–water partition coefficient (Wildman–Crippen LogP) is 3.71. The minimum absolute atomic E-state index is 0.0920. The van der Waals surface area contributed by atoms with Crippen LogP contribution in [0.15, 0.2) is 28.9 Å². The molecule has 3 nitrogen and oxygen atoms in total. The van der Waals surface area contributed by atoms with E-state index in [1.54, 1.807) is 6.20 Å².